The van der Waals surface area contributed by atoms with Gasteiger partial charge in [-0.15, -0.1) is 0 Å². The maximum Gasteiger partial charge on any atom is 0.129 e. The van der Waals surface area contributed by atoms with E-state index in [1.54, 1.807) is 0 Å². The van der Waals surface area contributed by atoms with Crippen molar-refractivity contribution >= 4 is 9.52 Å². The van der Waals surface area contributed by atoms with Gasteiger partial charge in [0.25, 0.3) is 0 Å². The molecule has 2 N–H and O–H groups in total. The molecule has 1 rings (SSSR count). The van der Waals surface area contributed by atoms with E-state index in [1.165, 1.54) is 12.1 Å². The highest BCUT2D eigenvalue weighted by Gasteiger charge is 2.22. The summed E-state index contributed by atoms with van der Waals surface area (Å²) < 4.78 is 26.1. The Morgan fingerprint density at radius 1 is 1.40 bits per heavy atom. The first-order valence-electron chi connectivity index (χ1n) is 5.23. The minimum atomic E-state index is -0.538. The fourth-order valence-corrected chi connectivity index (χ4v) is 2.56. The van der Waals surface area contributed by atoms with E-state index in [2.05, 4.69) is 6.55 Å². The molecule has 0 aromatic heterocycles. The van der Waals surface area contributed by atoms with E-state index >= 15 is 0 Å². The molecule has 0 amide bonds. The predicted molar refractivity (Wildman–Crippen MR) is 61.7 cm³/mol. The second-order valence-electron chi connectivity index (χ2n) is 3.98. The van der Waals surface area contributed by atoms with Crippen LogP contribution in [0.15, 0.2) is 18.2 Å². The first-order valence-corrected chi connectivity index (χ1v) is 7.35. The average molecular weight is 229 g/mol. The Morgan fingerprint density at radius 2 is 2.07 bits per heavy atom. The van der Waals surface area contributed by atoms with Crippen molar-refractivity contribution < 1.29 is 8.78 Å². The fourth-order valence-electron chi connectivity index (χ4n) is 1.54. The largest absolute Gasteiger partial charge is 0.328 e. The molecule has 0 fully saturated rings. The van der Waals surface area contributed by atoms with Crippen molar-refractivity contribution in [1.29, 1.82) is 0 Å². The summed E-state index contributed by atoms with van der Waals surface area (Å²) in [7, 11) is -0.421. The maximum absolute atomic E-state index is 13.4. The minimum Gasteiger partial charge on any atom is -0.328 e. The molecular weight excluding hydrogens is 212 g/mol. The molecule has 0 saturated heterocycles. The second kappa shape index (κ2) is 4.85. The fraction of sp³-hybridized carbons (Fsp3) is 0.455. The van der Waals surface area contributed by atoms with Gasteiger partial charge < -0.3 is 5.73 Å². The first kappa shape index (κ1) is 12.3. The van der Waals surface area contributed by atoms with Gasteiger partial charge in [-0.1, -0.05) is 19.5 Å². The van der Waals surface area contributed by atoms with Crippen molar-refractivity contribution in [2.75, 3.05) is 0 Å². The number of nitrogens with two attached hydrogens (primary N) is 1. The third-order valence-corrected chi connectivity index (χ3v) is 5.12. The Hall–Kier alpha value is -0.743. The summed E-state index contributed by atoms with van der Waals surface area (Å²) in [5.41, 5.74) is 6.66. The van der Waals surface area contributed by atoms with Gasteiger partial charge in [0, 0.05) is 20.7 Å². The van der Waals surface area contributed by atoms with Crippen molar-refractivity contribution in [3.05, 3.63) is 35.4 Å². The standard InChI is InChI=1S/C11H17F2NSi/c1-3-11(14,15-2)7-8-4-5-9(12)6-10(8)13/h4-6H,3,7,14-15H2,1-2H3. The molecule has 84 valence electrons. The van der Waals surface area contributed by atoms with Gasteiger partial charge >= 0.3 is 0 Å². The Morgan fingerprint density at radius 3 is 2.53 bits per heavy atom. The van der Waals surface area contributed by atoms with Crippen LogP contribution < -0.4 is 5.73 Å². The zero-order valence-electron chi connectivity index (χ0n) is 9.19. The molecule has 15 heavy (non-hydrogen) atoms. The molecule has 0 aliphatic carbocycles. The molecule has 0 radical (unpaired) electrons. The van der Waals surface area contributed by atoms with Crippen LogP contribution >= 0.6 is 0 Å². The molecule has 1 aromatic rings. The molecule has 0 saturated carbocycles. The maximum atomic E-state index is 13.4. The Kier molecular flexibility index (Phi) is 3.99. The summed E-state index contributed by atoms with van der Waals surface area (Å²) in [6, 6.07) is 3.69. The van der Waals surface area contributed by atoms with Crippen LogP contribution in [-0.2, 0) is 6.42 Å². The summed E-state index contributed by atoms with van der Waals surface area (Å²) in [6.45, 7) is 4.13. The Bertz CT molecular complexity index is 337. The van der Waals surface area contributed by atoms with Gasteiger partial charge in [0.1, 0.15) is 11.6 Å². The van der Waals surface area contributed by atoms with Crippen LogP contribution in [0.5, 0.6) is 0 Å². The predicted octanol–water partition coefficient (Wildman–Crippen LogP) is 1.79. The summed E-state index contributed by atoms with van der Waals surface area (Å²) in [5.74, 6) is -1.02. The topological polar surface area (TPSA) is 26.0 Å². The van der Waals surface area contributed by atoms with E-state index in [0.717, 1.165) is 12.5 Å². The molecule has 1 aromatic carbocycles. The van der Waals surface area contributed by atoms with Gasteiger partial charge in [0.2, 0.25) is 0 Å². The summed E-state index contributed by atoms with van der Waals surface area (Å²) in [5, 5.41) is -0.251. The first-order chi connectivity index (χ1) is 7.00. The Labute approximate surface area is 91.5 Å². The Balaban J connectivity index is 2.89. The highest BCUT2D eigenvalue weighted by atomic mass is 28.2. The van der Waals surface area contributed by atoms with Crippen molar-refractivity contribution in [2.45, 2.75) is 31.5 Å². The van der Waals surface area contributed by atoms with Crippen molar-refractivity contribution in [1.82, 2.24) is 0 Å². The number of halogens is 2. The van der Waals surface area contributed by atoms with Crippen LogP contribution in [0.1, 0.15) is 18.9 Å². The van der Waals surface area contributed by atoms with Gasteiger partial charge in [0.05, 0.1) is 0 Å². The molecule has 1 atom stereocenters. The number of benzene rings is 1. The van der Waals surface area contributed by atoms with Gasteiger partial charge in [-0.2, -0.15) is 0 Å². The van der Waals surface area contributed by atoms with E-state index < -0.39 is 21.2 Å². The van der Waals surface area contributed by atoms with Crippen molar-refractivity contribution in [3.63, 3.8) is 0 Å². The lowest BCUT2D eigenvalue weighted by atomic mass is 10.0. The van der Waals surface area contributed by atoms with Crippen LogP contribution in [0.4, 0.5) is 8.78 Å². The molecule has 0 aliphatic rings. The van der Waals surface area contributed by atoms with Gasteiger partial charge in [-0.3, -0.25) is 0 Å². The average Bonchev–Trinajstić information content (AvgIpc) is 2.22. The van der Waals surface area contributed by atoms with E-state index in [9.17, 15) is 8.78 Å². The molecule has 0 heterocycles. The summed E-state index contributed by atoms with van der Waals surface area (Å²) >= 11 is 0. The zero-order valence-corrected chi connectivity index (χ0v) is 10.6. The molecule has 1 unspecified atom stereocenters. The lowest BCUT2D eigenvalue weighted by Gasteiger charge is -2.26. The van der Waals surface area contributed by atoms with Gasteiger partial charge in [0.15, 0.2) is 0 Å². The monoisotopic (exact) mass is 229 g/mol. The molecule has 0 aliphatic heterocycles. The molecule has 0 spiro atoms. The number of hydrogen-bond donors (Lipinski definition) is 1. The minimum absolute atomic E-state index is 0.251. The molecule has 4 heteroatoms. The number of rotatable bonds is 4. The molecular formula is C11H17F2NSi. The summed E-state index contributed by atoms with van der Waals surface area (Å²) in [6.07, 6.45) is 1.35. The highest BCUT2D eigenvalue weighted by Crippen LogP contribution is 2.17. The van der Waals surface area contributed by atoms with Crippen molar-refractivity contribution in [2.24, 2.45) is 5.73 Å². The summed E-state index contributed by atoms with van der Waals surface area (Å²) in [4.78, 5) is 0. The molecule has 1 nitrogen and oxygen atoms in total. The van der Waals surface area contributed by atoms with Crippen LogP contribution in [0.3, 0.4) is 0 Å². The van der Waals surface area contributed by atoms with Crippen molar-refractivity contribution in [3.8, 4) is 0 Å². The lowest BCUT2D eigenvalue weighted by molar-refractivity contribution is 0.527. The van der Waals surface area contributed by atoms with Gasteiger partial charge in [-0.25, -0.2) is 8.78 Å². The van der Waals surface area contributed by atoms with Crippen LogP contribution in [0.25, 0.3) is 0 Å². The quantitative estimate of drug-likeness (QED) is 0.783. The second-order valence-corrected chi connectivity index (χ2v) is 6.10. The van der Waals surface area contributed by atoms with E-state index in [-0.39, 0.29) is 5.16 Å². The number of hydrogen-bond acceptors (Lipinski definition) is 1. The SMILES string of the molecule is CCC(N)(Cc1ccc(F)cc1F)[SiH2]C. The zero-order chi connectivity index (χ0) is 11.5. The smallest absolute Gasteiger partial charge is 0.129 e. The third-order valence-electron chi connectivity index (χ3n) is 2.97. The van der Waals surface area contributed by atoms with Crippen LogP contribution in [0.2, 0.25) is 6.55 Å². The van der Waals surface area contributed by atoms with E-state index in [4.69, 9.17) is 5.73 Å². The van der Waals surface area contributed by atoms with E-state index in [1.807, 2.05) is 6.92 Å². The molecule has 0 bridgehead atoms. The van der Waals surface area contributed by atoms with E-state index in [0.29, 0.717) is 12.0 Å². The normalized spacial score (nSPS) is 15.8. The lowest BCUT2D eigenvalue weighted by Crippen LogP contribution is -2.46. The third kappa shape index (κ3) is 3.11. The van der Waals surface area contributed by atoms with Crippen LogP contribution in [-0.4, -0.2) is 14.7 Å². The highest BCUT2D eigenvalue weighted by molar-refractivity contribution is 6.38. The van der Waals surface area contributed by atoms with Crippen LogP contribution in [0, 0.1) is 11.6 Å². The van der Waals surface area contributed by atoms with Gasteiger partial charge in [-0.05, 0) is 24.5 Å².